The molecule has 1 heterocycles. The molecule has 1 aromatic heterocycles. The monoisotopic (exact) mass is 508 g/mol. The number of carbonyl (C=O) groups excluding carboxylic acids is 2. The van der Waals surface area contributed by atoms with Gasteiger partial charge in [0.25, 0.3) is 0 Å². The van der Waals surface area contributed by atoms with Crippen molar-refractivity contribution in [1.29, 1.82) is 0 Å². The van der Waals surface area contributed by atoms with E-state index in [2.05, 4.69) is 9.97 Å². The Bertz CT molecular complexity index is 837. The maximum absolute atomic E-state index is 12.3. The Kier molecular flexibility index (Phi) is 16.0. The Morgan fingerprint density at radius 1 is 0.842 bits per heavy atom. The van der Waals surface area contributed by atoms with Gasteiger partial charge in [-0.15, -0.1) is 16.5 Å². The summed E-state index contributed by atoms with van der Waals surface area (Å²) in [6.07, 6.45) is -2.74. The lowest BCUT2D eigenvalue weighted by molar-refractivity contribution is 0.0427. The van der Waals surface area contributed by atoms with Gasteiger partial charge in [0, 0.05) is 125 Å². The second-order valence-corrected chi connectivity index (χ2v) is 10.7. The maximum Gasteiger partial charge on any atom is 0.427 e. The summed E-state index contributed by atoms with van der Waals surface area (Å²) in [5.74, 6) is 0.0847. The normalized spacial score (nSPS) is 10.6. The van der Waals surface area contributed by atoms with Crippen LogP contribution in [0.4, 0.5) is 15.5 Å². The van der Waals surface area contributed by atoms with E-state index in [0.717, 1.165) is 0 Å². The molecule has 0 saturated carbocycles. The van der Waals surface area contributed by atoms with E-state index < -0.39 is 61.7 Å². The molecule has 0 aliphatic heterocycles. The molecule has 23 heteroatoms. The fraction of sp³-hybridized carbons (Fsp3) is 0.600. The number of hydrogen-bond donors (Lipinski definition) is 0. The quantitative estimate of drug-likeness (QED) is 0.306. The van der Waals surface area contributed by atoms with Gasteiger partial charge in [-0.25, -0.2) is 19.6 Å². The zero-order valence-corrected chi connectivity index (χ0v) is 23.6. The van der Waals surface area contributed by atoms with Gasteiger partial charge in [0.1, 0.15) is 11.2 Å². The molecule has 0 fully saturated rings. The van der Waals surface area contributed by atoms with E-state index in [9.17, 15) is 9.59 Å². The number of amides is 2. The van der Waals surface area contributed by atoms with Crippen LogP contribution in [0.1, 0.15) is 47.1 Å². The minimum Gasteiger partial charge on any atom is -0.443 e. The fourth-order valence-electron chi connectivity index (χ4n) is 3.05. The standard InChI is InChI=1S/C15H22ClN3O4.B15/c1-14(2,3)22-12(20)19(13(21)23-15(4,5)6)11-17-8-10(7-16)9-18-11;1-9-13(8)15(12(6)7)14(10(2)3)11(4)5/h8-9H,7H2,1-6H3;. The van der Waals surface area contributed by atoms with Crippen LogP contribution in [0.25, 0.3) is 0 Å². The van der Waals surface area contributed by atoms with E-state index in [1.807, 2.05) is 0 Å². The Hall–Kier alpha value is -0.916. The minimum absolute atomic E-state index is 0.137. The van der Waals surface area contributed by atoms with Crippen LogP contribution < -0.4 is 4.90 Å². The number of alkyl halides is 1. The number of hydrogen-bond acceptors (Lipinski definition) is 6. The summed E-state index contributed by atoms with van der Waals surface area (Å²) in [7, 11) is 45.8. The van der Waals surface area contributed by atoms with Crippen molar-refractivity contribution in [1.82, 2.24) is 9.97 Å². The van der Waals surface area contributed by atoms with Gasteiger partial charge in [0.05, 0.1) is 5.88 Å². The van der Waals surface area contributed by atoms with E-state index >= 15 is 0 Å². The van der Waals surface area contributed by atoms with Gasteiger partial charge in [0.2, 0.25) is 5.95 Å². The number of imide groups is 1. The SMILES string of the molecule is CC(C)(C)OC(=O)N(C(=O)OC(C)(C)C)c1ncc(CCl)cn1.[B][B]B([B])B(B([B])[B])B(B([B])[B])B([B])[B]. The largest absolute Gasteiger partial charge is 0.443 e. The molecule has 173 valence electrons. The van der Waals surface area contributed by atoms with Gasteiger partial charge in [-0.2, -0.15) is 0 Å². The molecule has 0 aromatic carbocycles. The first-order valence-corrected chi connectivity index (χ1v) is 12.3. The van der Waals surface area contributed by atoms with E-state index in [1.165, 1.54) is 19.5 Å². The molecule has 1 rings (SSSR count). The number of anilines is 1. The first-order chi connectivity index (χ1) is 17.3. The summed E-state index contributed by atoms with van der Waals surface area (Å²) in [6, 6.07) is 0. The molecule has 0 aliphatic carbocycles. The van der Waals surface area contributed by atoms with Crippen LogP contribution >= 0.6 is 11.6 Å². The van der Waals surface area contributed by atoms with Crippen LogP contribution in [-0.2, 0) is 15.4 Å². The zero-order chi connectivity index (χ0) is 30.0. The highest BCUT2D eigenvalue weighted by molar-refractivity contribution is 8.12. The first kappa shape index (κ1) is 37.1. The van der Waals surface area contributed by atoms with E-state index in [4.69, 9.17) is 83.0 Å². The van der Waals surface area contributed by atoms with Crippen LogP contribution in [0.5, 0.6) is 0 Å². The molecular formula is C15H22B15ClN3O4. The van der Waals surface area contributed by atoms with Crippen LogP contribution in [0, 0.1) is 0 Å². The average Bonchev–Trinajstić information content (AvgIpc) is 2.74. The molecule has 0 aliphatic rings. The molecule has 7 nitrogen and oxygen atoms in total. The second kappa shape index (κ2) is 16.4. The van der Waals surface area contributed by atoms with Crippen molar-refractivity contribution in [2.45, 2.75) is 58.6 Å². The Morgan fingerprint density at radius 2 is 1.21 bits per heavy atom. The topological polar surface area (TPSA) is 81.6 Å². The number of ether oxygens (including phenoxy) is 2. The highest BCUT2D eigenvalue weighted by atomic mass is 35.5. The second-order valence-electron chi connectivity index (χ2n) is 10.5. The summed E-state index contributed by atoms with van der Waals surface area (Å²) in [5.41, 5.74) is -0.912. The van der Waals surface area contributed by atoms with Gasteiger partial charge in [0.15, 0.2) is 0 Å². The number of halogens is 1. The first-order valence-electron chi connectivity index (χ1n) is 11.7. The highest BCUT2D eigenvalue weighted by Crippen LogP contribution is 2.18. The summed E-state index contributed by atoms with van der Waals surface area (Å²) in [5, 5.41) is 0. The number of rotatable bonds is 8. The van der Waals surface area contributed by atoms with Crippen molar-refractivity contribution < 1.29 is 19.1 Å². The summed E-state index contributed by atoms with van der Waals surface area (Å²) >= 11 is 5.68. The molecule has 0 spiro atoms. The lowest BCUT2D eigenvalue weighted by Crippen LogP contribution is -2.73. The Labute approximate surface area is 246 Å². The highest BCUT2D eigenvalue weighted by Gasteiger charge is 2.37. The lowest BCUT2D eigenvalue weighted by Gasteiger charge is -2.35. The predicted molar refractivity (Wildman–Crippen MR) is 173 cm³/mol. The Balaban J connectivity index is 0.000000793. The van der Waals surface area contributed by atoms with Crippen LogP contribution in [-0.4, -0.2) is 141 Å². The van der Waals surface area contributed by atoms with E-state index in [0.29, 0.717) is 10.5 Å². The zero-order valence-electron chi connectivity index (χ0n) is 22.9. The van der Waals surface area contributed by atoms with Crippen molar-refractivity contribution in [3.8, 4) is 0 Å². The molecule has 2 amide bonds. The van der Waals surface area contributed by atoms with Crippen molar-refractivity contribution in [3.05, 3.63) is 18.0 Å². The summed E-state index contributed by atoms with van der Waals surface area (Å²) in [6.45, 7) is 10.1. The molecule has 1 aromatic rings. The van der Waals surface area contributed by atoms with Crippen LogP contribution in [0.3, 0.4) is 0 Å². The molecule has 0 atom stereocenters. The smallest absolute Gasteiger partial charge is 0.427 e. The minimum atomic E-state index is -0.912. The fourth-order valence-corrected chi connectivity index (χ4v) is 3.19. The Morgan fingerprint density at radius 3 is 1.47 bits per heavy atom. The van der Waals surface area contributed by atoms with Gasteiger partial charge in [-0.05, 0) is 41.5 Å². The van der Waals surface area contributed by atoms with Gasteiger partial charge in [-0.1, -0.05) is 0 Å². The maximum atomic E-state index is 12.3. The van der Waals surface area contributed by atoms with E-state index in [1.54, 1.807) is 41.5 Å². The van der Waals surface area contributed by atoms with Gasteiger partial charge >= 0.3 is 12.2 Å². The number of aromatic nitrogens is 2. The van der Waals surface area contributed by atoms with Crippen molar-refractivity contribution in [2.24, 2.45) is 0 Å². The van der Waals surface area contributed by atoms with Crippen molar-refractivity contribution in [3.63, 3.8) is 0 Å². The van der Waals surface area contributed by atoms with Crippen LogP contribution in [0.2, 0.25) is 0 Å². The number of nitrogens with zero attached hydrogens (tertiary/aromatic N) is 3. The average molecular weight is 506 g/mol. The molecule has 0 saturated heterocycles. The molecule has 0 bridgehead atoms. The lowest BCUT2D eigenvalue weighted by atomic mass is 8.46. The van der Waals surface area contributed by atoms with Gasteiger partial charge < -0.3 is 9.47 Å². The molecule has 38 heavy (non-hydrogen) atoms. The third-order valence-corrected chi connectivity index (χ3v) is 4.95. The molecule has 17 radical (unpaired) electrons. The number of carbonyl (C=O) groups is 2. The van der Waals surface area contributed by atoms with Crippen molar-refractivity contribution >= 4 is 137 Å². The molecule has 0 unspecified atom stereocenters. The molecule has 0 N–H and O–H groups in total. The predicted octanol–water partition coefficient (Wildman–Crippen LogP) is -1.82. The van der Waals surface area contributed by atoms with Gasteiger partial charge in [-0.3, -0.25) is 0 Å². The molecular weight excluding hydrogens is 484 g/mol. The third-order valence-electron chi connectivity index (χ3n) is 4.64. The summed E-state index contributed by atoms with van der Waals surface area (Å²) in [4.78, 5) is 33.3. The van der Waals surface area contributed by atoms with Crippen LogP contribution in [0.15, 0.2) is 12.4 Å². The third kappa shape index (κ3) is 13.4. The van der Waals surface area contributed by atoms with E-state index in [-0.39, 0.29) is 11.8 Å². The summed E-state index contributed by atoms with van der Waals surface area (Å²) < 4.78 is 10.5. The van der Waals surface area contributed by atoms with Crippen molar-refractivity contribution in [2.75, 3.05) is 4.90 Å².